The number of hydrogen-bond donors (Lipinski definition) is 0. The van der Waals surface area contributed by atoms with Crippen molar-refractivity contribution in [1.82, 2.24) is 0 Å². The molecule has 3 rings (SSSR count). The number of alkyl halides is 2. The maximum absolute atomic E-state index is 15.1. The Balaban J connectivity index is 1.81. The Morgan fingerprint density at radius 1 is 1.13 bits per heavy atom. The molecule has 2 aliphatic rings. The zero-order valence-corrected chi connectivity index (χ0v) is 17.1. The molecule has 31 heavy (non-hydrogen) atoms. The summed E-state index contributed by atoms with van der Waals surface area (Å²) in [5.41, 5.74) is -0.416. The highest BCUT2D eigenvalue weighted by molar-refractivity contribution is 5.26. The van der Waals surface area contributed by atoms with E-state index >= 15 is 4.39 Å². The van der Waals surface area contributed by atoms with Crippen LogP contribution in [0.1, 0.15) is 32.6 Å². The Kier molecular flexibility index (Phi) is 6.72. The molecule has 0 spiro atoms. The van der Waals surface area contributed by atoms with Crippen LogP contribution in [0.2, 0.25) is 0 Å². The molecule has 0 N–H and O–H groups in total. The minimum Gasteiger partial charge on any atom is -0.432 e. The first-order chi connectivity index (χ1) is 14.5. The van der Waals surface area contributed by atoms with Crippen LogP contribution in [0.4, 0.5) is 26.3 Å². The fourth-order valence-corrected chi connectivity index (χ4v) is 4.29. The molecule has 0 amide bonds. The van der Waals surface area contributed by atoms with Crippen LogP contribution in [0.5, 0.6) is 5.75 Å². The van der Waals surface area contributed by atoms with Crippen molar-refractivity contribution in [2.24, 2.45) is 23.2 Å². The van der Waals surface area contributed by atoms with E-state index in [9.17, 15) is 22.0 Å². The Morgan fingerprint density at radius 2 is 1.81 bits per heavy atom. The average Bonchev–Trinajstić information content (AvgIpc) is 3.12. The first-order valence-electron chi connectivity index (χ1n) is 10.1. The van der Waals surface area contributed by atoms with Crippen LogP contribution in [0.25, 0.3) is 0 Å². The Hall–Kier alpha value is -2.44. The summed E-state index contributed by atoms with van der Waals surface area (Å²) in [7, 11) is 0. The second kappa shape index (κ2) is 8.97. The Morgan fingerprint density at radius 3 is 2.45 bits per heavy atom. The zero-order chi connectivity index (χ0) is 22.8. The number of hydrogen-bond acceptors (Lipinski definition) is 1. The fraction of sp³-hybridized carbons (Fsp3) is 0.417. The summed E-state index contributed by atoms with van der Waals surface area (Å²) in [5.74, 6) is -7.92. The largest absolute Gasteiger partial charge is 0.432 e. The summed E-state index contributed by atoms with van der Waals surface area (Å²) in [5, 5.41) is 0. The van der Waals surface area contributed by atoms with E-state index in [4.69, 9.17) is 0 Å². The molecule has 4 atom stereocenters. The van der Waals surface area contributed by atoms with Crippen molar-refractivity contribution in [2.45, 2.75) is 38.7 Å². The van der Waals surface area contributed by atoms with E-state index in [0.717, 1.165) is 6.08 Å². The summed E-state index contributed by atoms with van der Waals surface area (Å²) in [6, 6.07) is 0.688. The maximum Gasteiger partial charge on any atom is 0.398 e. The van der Waals surface area contributed by atoms with Crippen LogP contribution >= 0.6 is 0 Å². The normalized spacial score (nSPS) is 30.7. The van der Waals surface area contributed by atoms with Crippen molar-refractivity contribution in [3.8, 4) is 5.75 Å². The quantitative estimate of drug-likeness (QED) is 0.239. The molecule has 0 saturated carbocycles. The summed E-state index contributed by atoms with van der Waals surface area (Å²) < 4.78 is 88.1. The highest BCUT2D eigenvalue weighted by atomic mass is 19.3. The van der Waals surface area contributed by atoms with E-state index in [1.54, 1.807) is 19.1 Å². The summed E-state index contributed by atoms with van der Waals surface area (Å²) in [4.78, 5) is 0. The molecule has 3 unspecified atom stereocenters. The van der Waals surface area contributed by atoms with E-state index < -0.39 is 58.8 Å². The van der Waals surface area contributed by atoms with E-state index in [1.807, 2.05) is 12.2 Å². The van der Waals surface area contributed by atoms with E-state index in [1.165, 1.54) is 6.08 Å². The molecule has 168 valence electrons. The summed E-state index contributed by atoms with van der Waals surface area (Å²) in [6.07, 6.45) is 7.44. The molecule has 1 nitrogen and oxygen atoms in total. The lowest BCUT2D eigenvalue weighted by Gasteiger charge is -2.34. The van der Waals surface area contributed by atoms with Gasteiger partial charge in [0.1, 0.15) is 11.6 Å². The van der Waals surface area contributed by atoms with Gasteiger partial charge in [-0.2, -0.15) is 8.78 Å². The highest BCUT2D eigenvalue weighted by Gasteiger charge is 2.42. The number of benzene rings is 1. The van der Waals surface area contributed by atoms with Crippen LogP contribution in [0.3, 0.4) is 0 Å². The van der Waals surface area contributed by atoms with Crippen LogP contribution in [0, 0.1) is 40.6 Å². The lowest BCUT2D eigenvalue weighted by atomic mass is 9.71. The van der Waals surface area contributed by atoms with Crippen LogP contribution in [0.15, 0.2) is 61.0 Å². The topological polar surface area (TPSA) is 9.23 Å². The van der Waals surface area contributed by atoms with Gasteiger partial charge in [-0.3, -0.25) is 0 Å². The predicted octanol–water partition coefficient (Wildman–Crippen LogP) is 7.67. The first kappa shape index (κ1) is 23.2. The molecule has 0 saturated heterocycles. The number of rotatable bonds is 7. The summed E-state index contributed by atoms with van der Waals surface area (Å²) >= 11 is 0. The molecular formula is C24H24F6O. The molecule has 0 aromatic heterocycles. The number of allylic oxidation sites excluding steroid dienone is 7. The molecule has 0 aliphatic heterocycles. The van der Waals surface area contributed by atoms with Crippen molar-refractivity contribution in [2.75, 3.05) is 0 Å². The molecule has 1 aromatic carbocycles. The van der Waals surface area contributed by atoms with Gasteiger partial charge in [0.25, 0.3) is 0 Å². The van der Waals surface area contributed by atoms with Crippen molar-refractivity contribution in [1.29, 1.82) is 0 Å². The molecular weight excluding hydrogens is 418 g/mol. The third kappa shape index (κ3) is 5.25. The molecule has 7 heteroatoms. The zero-order valence-electron chi connectivity index (χ0n) is 17.1. The van der Waals surface area contributed by atoms with Gasteiger partial charge < -0.3 is 4.74 Å². The smallest absolute Gasteiger partial charge is 0.398 e. The van der Waals surface area contributed by atoms with E-state index in [-0.39, 0.29) is 5.92 Å². The van der Waals surface area contributed by atoms with Crippen LogP contribution < -0.4 is 4.74 Å². The van der Waals surface area contributed by atoms with Crippen molar-refractivity contribution in [3.63, 3.8) is 0 Å². The molecule has 0 fully saturated rings. The van der Waals surface area contributed by atoms with Gasteiger partial charge in [-0.25, -0.2) is 17.6 Å². The minimum absolute atomic E-state index is 0.0103. The van der Waals surface area contributed by atoms with Crippen molar-refractivity contribution >= 4 is 0 Å². The fourth-order valence-electron chi connectivity index (χ4n) is 4.29. The first-order valence-corrected chi connectivity index (χ1v) is 10.1. The number of ether oxygens (including phenoxy) is 1. The average molecular weight is 442 g/mol. The number of halogens is 6. The molecule has 2 bridgehead atoms. The van der Waals surface area contributed by atoms with Gasteiger partial charge in [0, 0.05) is 24.0 Å². The van der Waals surface area contributed by atoms with E-state index in [0.29, 0.717) is 31.4 Å². The number of fused-ring (bicyclic) bond motifs is 2. The standard InChI is InChI=1S/C24H24F6O/c1-3-4-8-23-9-7-16(13-23)5-6-17(10-19(25)15(23)2)14-24(29,30)31-18-11-20(26)22(28)21(27)12-18/h3,5-7,9-12,15-17H,1,4,8,13-14H2,2H3/b6-5-,19-10+/t15-,16?,17?,23?/m0/s1. The SMILES string of the molecule is C=CCCC12C=CC(/C=C\C(CC(F)(F)Oc3cc(F)c(F)c(F)c3)/C=C(/F)[C@@H]1C)C2. The van der Waals surface area contributed by atoms with Crippen molar-refractivity contribution in [3.05, 3.63) is 78.4 Å². The van der Waals surface area contributed by atoms with Gasteiger partial charge >= 0.3 is 6.11 Å². The second-order valence-electron chi connectivity index (χ2n) is 8.25. The lowest BCUT2D eigenvalue weighted by Crippen LogP contribution is -2.28. The lowest BCUT2D eigenvalue weighted by molar-refractivity contribution is -0.184. The van der Waals surface area contributed by atoms with Crippen LogP contribution in [-0.2, 0) is 0 Å². The minimum atomic E-state index is -3.87. The Bertz CT molecular complexity index is 896. The van der Waals surface area contributed by atoms with Gasteiger partial charge in [0.2, 0.25) is 0 Å². The van der Waals surface area contributed by atoms with Gasteiger partial charge in [-0.1, -0.05) is 37.3 Å². The van der Waals surface area contributed by atoms with Gasteiger partial charge in [0.05, 0.1) is 6.42 Å². The van der Waals surface area contributed by atoms with Gasteiger partial charge in [-0.05, 0) is 36.7 Å². The third-order valence-electron chi connectivity index (χ3n) is 6.06. The highest BCUT2D eigenvalue weighted by Crippen LogP contribution is 2.50. The van der Waals surface area contributed by atoms with Crippen LogP contribution in [-0.4, -0.2) is 6.11 Å². The Labute approximate surface area is 177 Å². The summed E-state index contributed by atoms with van der Waals surface area (Å²) in [6.45, 7) is 5.46. The van der Waals surface area contributed by atoms with Gasteiger partial charge in [-0.15, -0.1) is 6.58 Å². The molecule has 0 heterocycles. The second-order valence-corrected chi connectivity index (χ2v) is 8.25. The van der Waals surface area contributed by atoms with Gasteiger partial charge in [0.15, 0.2) is 17.5 Å². The molecule has 2 aliphatic carbocycles. The molecule has 0 radical (unpaired) electrons. The maximum atomic E-state index is 15.1. The van der Waals surface area contributed by atoms with Crippen molar-refractivity contribution < 1.29 is 31.1 Å². The monoisotopic (exact) mass is 442 g/mol. The third-order valence-corrected chi connectivity index (χ3v) is 6.06. The predicted molar refractivity (Wildman–Crippen MR) is 107 cm³/mol. The molecule has 1 aromatic rings. The van der Waals surface area contributed by atoms with E-state index in [2.05, 4.69) is 11.3 Å².